The van der Waals surface area contributed by atoms with Gasteiger partial charge in [-0.3, -0.25) is 10.00 Å². The largest absolute Gasteiger partial charge is 0.353 e. The van der Waals surface area contributed by atoms with E-state index < -0.39 is 0 Å². The fraction of sp³-hybridized carbons (Fsp3) is 0.333. The van der Waals surface area contributed by atoms with Crippen LogP contribution < -0.4 is 10.2 Å². The average Bonchev–Trinajstić information content (AvgIpc) is 3.61. The topological polar surface area (TPSA) is 117 Å². The molecule has 12 heteroatoms. The molecule has 5 aromatic heterocycles. The van der Waals surface area contributed by atoms with E-state index in [1.165, 1.54) is 42.0 Å². The molecule has 2 N–H and O–H groups in total. The molecule has 0 spiro atoms. The van der Waals surface area contributed by atoms with E-state index in [2.05, 4.69) is 58.6 Å². The molecule has 3 aliphatic heterocycles. The Balaban J connectivity index is 0.906. The molecule has 0 amide bonds. The molecule has 0 radical (unpaired) electrons. The summed E-state index contributed by atoms with van der Waals surface area (Å²) >= 11 is 0. The number of H-pyrrole nitrogens is 1. The van der Waals surface area contributed by atoms with Crippen LogP contribution in [-0.4, -0.2) is 70.0 Å². The molecule has 212 valence electrons. The van der Waals surface area contributed by atoms with Crippen LogP contribution in [0.3, 0.4) is 0 Å². The number of pyridine rings is 2. The second-order valence-corrected chi connectivity index (χ2v) is 11.5. The quantitative estimate of drug-likeness (QED) is 0.284. The minimum Gasteiger partial charge on any atom is -0.353 e. The lowest BCUT2D eigenvalue weighted by molar-refractivity contribution is -0.00875. The van der Waals surface area contributed by atoms with Gasteiger partial charge in [0.2, 0.25) is 0 Å². The Bertz CT molecular complexity index is 1710. The van der Waals surface area contributed by atoms with Crippen LogP contribution >= 0.6 is 0 Å². The smallest absolute Gasteiger partial charge is 0.163 e. The summed E-state index contributed by atoms with van der Waals surface area (Å²) in [6.45, 7) is 4.68. The average molecular weight is 564 g/mol. The van der Waals surface area contributed by atoms with E-state index in [0.717, 1.165) is 48.1 Å². The fourth-order valence-corrected chi connectivity index (χ4v) is 6.02. The summed E-state index contributed by atoms with van der Waals surface area (Å²) in [5.41, 5.74) is 4.07. The van der Waals surface area contributed by atoms with E-state index in [1.807, 2.05) is 37.5 Å². The molecule has 0 aromatic carbocycles. The van der Waals surface area contributed by atoms with Gasteiger partial charge in [0.05, 0.1) is 12.4 Å². The van der Waals surface area contributed by atoms with Gasteiger partial charge in [0, 0.05) is 79.1 Å². The first-order valence-corrected chi connectivity index (χ1v) is 14.3. The number of halogens is 1. The van der Waals surface area contributed by atoms with E-state index in [9.17, 15) is 4.39 Å². The SMILES string of the molecule is Cc1cc(Nc2cc(C3CC3)[nH]n2)nc(-c2ccc(N3CC4CC(C3)N4Cc3ccc(-n4cc(F)cn4)nc3)nc2)n1. The number of fused-ring (bicyclic) bond motifs is 2. The van der Waals surface area contributed by atoms with Gasteiger partial charge in [-0.15, -0.1) is 0 Å². The van der Waals surface area contributed by atoms with Crippen molar-refractivity contribution in [1.29, 1.82) is 0 Å². The number of nitrogens with one attached hydrogen (secondary N) is 2. The number of anilines is 3. The lowest BCUT2D eigenvalue weighted by Crippen LogP contribution is -2.68. The Kier molecular flexibility index (Phi) is 5.95. The molecular weight excluding hydrogens is 533 g/mol. The zero-order valence-electron chi connectivity index (χ0n) is 23.2. The molecule has 4 aliphatic rings. The third-order valence-corrected chi connectivity index (χ3v) is 8.36. The summed E-state index contributed by atoms with van der Waals surface area (Å²) in [5, 5.41) is 14.8. The monoisotopic (exact) mass is 563 g/mol. The van der Waals surface area contributed by atoms with Crippen LogP contribution in [-0.2, 0) is 6.54 Å². The number of nitrogens with zero attached hydrogens (tertiary/aromatic N) is 9. The molecule has 4 fully saturated rings. The number of hydrogen-bond donors (Lipinski definition) is 2. The van der Waals surface area contributed by atoms with Gasteiger partial charge in [-0.25, -0.2) is 29.0 Å². The summed E-state index contributed by atoms with van der Waals surface area (Å²) in [5.74, 6) is 3.95. The highest BCUT2D eigenvalue weighted by Crippen LogP contribution is 2.40. The summed E-state index contributed by atoms with van der Waals surface area (Å²) in [6, 6.07) is 13.0. The lowest BCUT2D eigenvalue weighted by Gasteiger charge is -2.56. The van der Waals surface area contributed by atoms with Crippen molar-refractivity contribution in [3.8, 4) is 17.2 Å². The Labute approximate surface area is 241 Å². The second-order valence-electron chi connectivity index (χ2n) is 11.5. The van der Waals surface area contributed by atoms with E-state index in [1.54, 1.807) is 0 Å². The normalized spacial score (nSPS) is 20.0. The summed E-state index contributed by atoms with van der Waals surface area (Å²) in [7, 11) is 0. The van der Waals surface area contributed by atoms with Crippen molar-refractivity contribution < 1.29 is 4.39 Å². The molecule has 8 heterocycles. The molecule has 2 atom stereocenters. The van der Waals surface area contributed by atoms with Gasteiger partial charge in [0.25, 0.3) is 0 Å². The van der Waals surface area contributed by atoms with Crippen molar-refractivity contribution in [3.63, 3.8) is 0 Å². The Morgan fingerprint density at radius 1 is 0.952 bits per heavy atom. The number of piperazine rings is 1. The highest BCUT2D eigenvalue weighted by atomic mass is 19.1. The third-order valence-electron chi connectivity index (χ3n) is 8.36. The summed E-state index contributed by atoms with van der Waals surface area (Å²) < 4.78 is 14.7. The highest BCUT2D eigenvalue weighted by Gasteiger charge is 2.44. The highest BCUT2D eigenvalue weighted by molar-refractivity contribution is 5.61. The van der Waals surface area contributed by atoms with E-state index in [4.69, 9.17) is 9.97 Å². The van der Waals surface area contributed by atoms with Crippen molar-refractivity contribution in [2.45, 2.75) is 50.7 Å². The third kappa shape index (κ3) is 4.87. The van der Waals surface area contributed by atoms with Gasteiger partial charge in [-0.2, -0.15) is 10.2 Å². The van der Waals surface area contributed by atoms with Crippen molar-refractivity contribution in [3.05, 3.63) is 84.0 Å². The summed E-state index contributed by atoms with van der Waals surface area (Å²) in [6.07, 6.45) is 9.87. The lowest BCUT2D eigenvalue weighted by atomic mass is 9.87. The van der Waals surface area contributed by atoms with Gasteiger partial charge in [-0.05, 0) is 49.9 Å². The van der Waals surface area contributed by atoms with Crippen LogP contribution in [0.15, 0.2) is 61.2 Å². The fourth-order valence-electron chi connectivity index (χ4n) is 6.02. The van der Waals surface area contributed by atoms with Gasteiger partial charge in [0.1, 0.15) is 11.6 Å². The molecule has 1 aliphatic carbocycles. The van der Waals surface area contributed by atoms with E-state index >= 15 is 0 Å². The van der Waals surface area contributed by atoms with Crippen molar-refractivity contribution in [1.82, 2.24) is 44.8 Å². The Morgan fingerprint density at radius 2 is 1.79 bits per heavy atom. The standard InChI is InChI=1S/C30H30FN11/c1-18-8-26(36-27-10-25(38-39-27)20-3-4-20)37-30(35-18)21-5-7-28(33-12-21)40-16-23-9-24(17-40)41(23)14-19-2-6-29(32-11-19)42-15-22(31)13-34-42/h2,5-8,10-13,15,20,23-24H,3-4,9,14,16-17H2,1H3,(H2,35,36,37,38,39). The Morgan fingerprint density at radius 3 is 2.50 bits per heavy atom. The molecule has 42 heavy (non-hydrogen) atoms. The zero-order valence-corrected chi connectivity index (χ0v) is 23.2. The number of aryl methyl sites for hydroxylation is 1. The summed E-state index contributed by atoms with van der Waals surface area (Å²) in [4.78, 5) is 23.6. The van der Waals surface area contributed by atoms with Gasteiger partial charge in [0.15, 0.2) is 23.3 Å². The van der Waals surface area contributed by atoms with E-state index in [0.29, 0.717) is 35.5 Å². The molecule has 3 saturated heterocycles. The first-order chi connectivity index (χ1) is 20.5. The maximum absolute atomic E-state index is 13.3. The van der Waals surface area contributed by atoms with Crippen molar-refractivity contribution in [2.75, 3.05) is 23.3 Å². The minimum atomic E-state index is -0.374. The van der Waals surface area contributed by atoms with Crippen LogP contribution in [0.5, 0.6) is 0 Å². The maximum Gasteiger partial charge on any atom is 0.163 e. The number of hydrogen-bond acceptors (Lipinski definition) is 9. The van der Waals surface area contributed by atoms with E-state index in [-0.39, 0.29) is 5.82 Å². The molecule has 2 bridgehead atoms. The number of aromatic nitrogens is 8. The maximum atomic E-state index is 13.3. The predicted molar refractivity (Wildman–Crippen MR) is 155 cm³/mol. The number of piperidine rings is 1. The van der Waals surface area contributed by atoms with Crippen LogP contribution in [0.2, 0.25) is 0 Å². The van der Waals surface area contributed by atoms with Crippen LogP contribution in [0.25, 0.3) is 17.2 Å². The number of aromatic amines is 1. The molecule has 1 saturated carbocycles. The van der Waals surface area contributed by atoms with Crippen LogP contribution in [0, 0.1) is 12.7 Å². The molecular formula is C30H30FN11. The van der Waals surface area contributed by atoms with Gasteiger partial charge >= 0.3 is 0 Å². The van der Waals surface area contributed by atoms with Crippen molar-refractivity contribution in [2.24, 2.45) is 0 Å². The molecule has 11 nitrogen and oxygen atoms in total. The zero-order chi connectivity index (χ0) is 28.2. The van der Waals surface area contributed by atoms with Gasteiger partial charge in [-0.1, -0.05) is 6.07 Å². The minimum absolute atomic E-state index is 0.374. The molecule has 9 rings (SSSR count). The second kappa shape index (κ2) is 9.98. The Hall–Kier alpha value is -4.71. The van der Waals surface area contributed by atoms with Crippen molar-refractivity contribution >= 4 is 17.5 Å². The first kappa shape index (κ1) is 25.0. The van der Waals surface area contributed by atoms with Crippen LogP contribution in [0.1, 0.15) is 42.1 Å². The van der Waals surface area contributed by atoms with Crippen LogP contribution in [0.4, 0.5) is 21.8 Å². The predicted octanol–water partition coefficient (Wildman–Crippen LogP) is 4.37. The van der Waals surface area contributed by atoms with Gasteiger partial charge < -0.3 is 10.2 Å². The number of rotatable bonds is 8. The molecule has 2 unspecified atom stereocenters. The first-order valence-electron chi connectivity index (χ1n) is 14.3. The molecule has 5 aromatic rings.